The molecule has 0 saturated carbocycles. The molecule has 2 N–H and O–H groups in total. The van der Waals surface area contributed by atoms with Crippen LogP contribution in [0.15, 0.2) is 24.3 Å². The van der Waals surface area contributed by atoms with Gasteiger partial charge in [0.2, 0.25) is 0 Å². The molecule has 1 atom stereocenters. The van der Waals surface area contributed by atoms with E-state index in [1.54, 1.807) is 0 Å². The highest BCUT2D eigenvalue weighted by molar-refractivity contribution is 7.46. The number of rotatable bonds is 46. The minimum absolute atomic E-state index is 0.210. The maximum absolute atomic E-state index is 12.5. The topological polar surface area (TPSA) is 119 Å². The highest BCUT2D eigenvalue weighted by Crippen LogP contribution is 2.36. The quantitative estimate of drug-likeness (QED) is 0.0269. The van der Waals surface area contributed by atoms with Crippen molar-refractivity contribution in [3.05, 3.63) is 24.3 Å². The molecule has 0 bridgehead atoms. The van der Waals surface area contributed by atoms with Crippen LogP contribution in [-0.4, -0.2) is 41.0 Å². The Hall–Kier alpha value is -1.47. The Kier molecular flexibility index (Phi) is 43.9. The van der Waals surface area contributed by atoms with Crippen LogP contribution in [0.4, 0.5) is 0 Å². The van der Waals surface area contributed by atoms with Gasteiger partial charge in [0, 0.05) is 12.8 Å². The van der Waals surface area contributed by atoms with Crippen molar-refractivity contribution >= 4 is 19.8 Å². The molecule has 0 aliphatic heterocycles. The van der Waals surface area contributed by atoms with Crippen LogP contribution in [-0.2, 0) is 28.2 Å². The van der Waals surface area contributed by atoms with Crippen LogP contribution in [0.2, 0.25) is 0 Å². The van der Waals surface area contributed by atoms with Gasteiger partial charge in [0.25, 0.3) is 0 Å². The van der Waals surface area contributed by atoms with Gasteiger partial charge in [-0.3, -0.25) is 14.1 Å². The molecule has 0 rings (SSSR count). The SMILES string of the molecule is CCCCC/C=C\C/C=C\CCCCCCCCCCCC(=O)O[C@H](COC(=O)CCCCCCCCCCCCCCCCCCCCCCC)COP(=O)(O)O. The highest BCUT2D eigenvalue weighted by Gasteiger charge is 2.23. The third-order valence-electron chi connectivity index (χ3n) is 11.0. The molecule has 0 aliphatic carbocycles. The minimum atomic E-state index is -4.76. The van der Waals surface area contributed by atoms with Gasteiger partial charge in [-0.2, -0.15) is 0 Å². The van der Waals surface area contributed by atoms with E-state index in [1.165, 1.54) is 173 Å². The van der Waals surface area contributed by atoms with Crippen molar-refractivity contribution in [2.75, 3.05) is 13.2 Å². The average Bonchev–Trinajstić information content (AvgIpc) is 3.20. The van der Waals surface area contributed by atoms with Gasteiger partial charge in [0.15, 0.2) is 6.10 Å². The van der Waals surface area contributed by atoms with Crippen LogP contribution >= 0.6 is 7.82 Å². The molecule has 8 nitrogen and oxygen atoms in total. The summed E-state index contributed by atoms with van der Waals surface area (Å²) in [7, 11) is -4.76. The first-order valence-electron chi connectivity index (χ1n) is 24.6. The molecule has 0 fully saturated rings. The van der Waals surface area contributed by atoms with E-state index in [2.05, 4.69) is 42.7 Å². The normalized spacial score (nSPS) is 12.6. The van der Waals surface area contributed by atoms with Gasteiger partial charge in [-0.1, -0.05) is 224 Å². The van der Waals surface area contributed by atoms with Crippen molar-refractivity contribution in [1.82, 2.24) is 0 Å². The van der Waals surface area contributed by atoms with Gasteiger partial charge in [0.1, 0.15) is 6.61 Å². The molecule has 0 aromatic rings. The number of esters is 2. The molecular formula is C49H93O8P. The maximum Gasteiger partial charge on any atom is 0.469 e. The Morgan fingerprint density at radius 1 is 0.448 bits per heavy atom. The van der Waals surface area contributed by atoms with E-state index in [0.29, 0.717) is 6.42 Å². The van der Waals surface area contributed by atoms with Crippen LogP contribution in [0.5, 0.6) is 0 Å². The molecule has 0 unspecified atom stereocenters. The molecule has 0 amide bonds. The fourth-order valence-electron chi connectivity index (χ4n) is 7.29. The lowest BCUT2D eigenvalue weighted by atomic mass is 10.0. The van der Waals surface area contributed by atoms with E-state index in [1.807, 2.05) is 0 Å². The smallest absolute Gasteiger partial charge is 0.462 e. The lowest BCUT2D eigenvalue weighted by Gasteiger charge is -2.18. The number of unbranched alkanes of at least 4 members (excludes halogenated alkanes) is 32. The average molecular weight is 841 g/mol. The molecule has 58 heavy (non-hydrogen) atoms. The van der Waals surface area contributed by atoms with Gasteiger partial charge in [-0.25, -0.2) is 4.57 Å². The summed E-state index contributed by atoms with van der Waals surface area (Å²) in [5.41, 5.74) is 0. The van der Waals surface area contributed by atoms with Crippen molar-refractivity contribution in [2.24, 2.45) is 0 Å². The second-order valence-electron chi connectivity index (χ2n) is 16.8. The number of phosphoric ester groups is 1. The largest absolute Gasteiger partial charge is 0.469 e. The Labute approximate surface area is 358 Å². The summed E-state index contributed by atoms with van der Waals surface area (Å²) >= 11 is 0. The summed E-state index contributed by atoms with van der Waals surface area (Å²) in [5, 5.41) is 0. The predicted octanol–water partition coefficient (Wildman–Crippen LogP) is 15.5. The van der Waals surface area contributed by atoms with E-state index in [-0.39, 0.29) is 19.4 Å². The van der Waals surface area contributed by atoms with E-state index in [4.69, 9.17) is 19.3 Å². The zero-order chi connectivity index (χ0) is 42.5. The zero-order valence-corrected chi connectivity index (χ0v) is 38.9. The number of carbonyl (C=O) groups excluding carboxylic acids is 2. The first-order chi connectivity index (χ1) is 28.3. The summed E-state index contributed by atoms with van der Waals surface area (Å²) in [6.45, 7) is 3.70. The van der Waals surface area contributed by atoms with Gasteiger partial charge in [-0.05, 0) is 44.9 Å². The van der Waals surface area contributed by atoms with Gasteiger partial charge in [0.05, 0.1) is 6.61 Å². The van der Waals surface area contributed by atoms with E-state index >= 15 is 0 Å². The molecule has 0 radical (unpaired) electrons. The fraction of sp³-hybridized carbons (Fsp3) is 0.878. The van der Waals surface area contributed by atoms with Crippen molar-refractivity contribution < 1.29 is 37.9 Å². The first-order valence-corrected chi connectivity index (χ1v) is 26.2. The minimum Gasteiger partial charge on any atom is -0.462 e. The molecule has 0 aromatic carbocycles. The third kappa shape index (κ3) is 47.2. The molecule has 342 valence electrons. The summed E-state index contributed by atoms with van der Waals surface area (Å²) in [4.78, 5) is 43.0. The van der Waals surface area contributed by atoms with Crippen LogP contribution in [0.25, 0.3) is 0 Å². The van der Waals surface area contributed by atoms with Crippen molar-refractivity contribution in [1.29, 1.82) is 0 Å². The Balaban J connectivity index is 3.80. The molecular weight excluding hydrogens is 748 g/mol. The number of hydrogen-bond donors (Lipinski definition) is 2. The van der Waals surface area contributed by atoms with E-state index in [9.17, 15) is 14.2 Å². The molecule has 0 spiro atoms. The lowest BCUT2D eigenvalue weighted by Crippen LogP contribution is -2.29. The van der Waals surface area contributed by atoms with Crippen molar-refractivity contribution in [3.63, 3.8) is 0 Å². The summed E-state index contributed by atoms with van der Waals surface area (Å²) < 4.78 is 26.5. The first kappa shape index (κ1) is 56.5. The number of ether oxygens (including phenoxy) is 2. The fourth-order valence-corrected chi connectivity index (χ4v) is 7.65. The van der Waals surface area contributed by atoms with Crippen LogP contribution < -0.4 is 0 Å². The summed E-state index contributed by atoms with van der Waals surface area (Å²) in [6, 6.07) is 0. The van der Waals surface area contributed by atoms with Crippen LogP contribution in [0, 0.1) is 0 Å². The van der Waals surface area contributed by atoms with E-state index < -0.39 is 32.5 Å². The maximum atomic E-state index is 12.5. The van der Waals surface area contributed by atoms with Crippen LogP contribution in [0.3, 0.4) is 0 Å². The van der Waals surface area contributed by atoms with Gasteiger partial charge < -0.3 is 19.3 Å². The molecule has 0 saturated heterocycles. The number of phosphoric acid groups is 1. The third-order valence-corrected chi connectivity index (χ3v) is 11.5. The van der Waals surface area contributed by atoms with E-state index in [0.717, 1.165) is 51.4 Å². The second kappa shape index (κ2) is 45.1. The summed E-state index contributed by atoms with van der Waals surface area (Å²) in [6.07, 6.45) is 53.3. The Bertz CT molecular complexity index is 993. The number of allylic oxidation sites excluding steroid dienone is 4. The standard InChI is InChI=1S/C49H93O8P/c1-3-5-7-9-11-13-15-17-19-21-23-24-26-27-29-31-33-35-37-39-41-43-48(50)55-45-47(46-56-58(52,53)54)57-49(51)44-42-40-38-36-34-32-30-28-25-22-20-18-16-14-12-10-8-6-4-2/h12,14,18,20,47H,3-11,13,15-17,19,21-46H2,1-2H3,(H2,52,53,54)/b14-12-,20-18-/t47-/m1/s1. The van der Waals surface area contributed by atoms with Crippen LogP contribution in [0.1, 0.15) is 258 Å². The zero-order valence-electron chi connectivity index (χ0n) is 38.0. The predicted molar refractivity (Wildman–Crippen MR) is 244 cm³/mol. The number of carbonyl (C=O) groups is 2. The molecule has 0 aliphatic rings. The molecule has 0 aromatic heterocycles. The Morgan fingerprint density at radius 3 is 1.17 bits per heavy atom. The molecule has 0 heterocycles. The monoisotopic (exact) mass is 841 g/mol. The van der Waals surface area contributed by atoms with Crippen molar-refractivity contribution in [2.45, 2.75) is 264 Å². The van der Waals surface area contributed by atoms with Crippen molar-refractivity contribution in [3.8, 4) is 0 Å². The van der Waals surface area contributed by atoms with Gasteiger partial charge in [-0.15, -0.1) is 0 Å². The number of hydrogen-bond acceptors (Lipinski definition) is 6. The van der Waals surface area contributed by atoms with Gasteiger partial charge >= 0.3 is 19.8 Å². The lowest BCUT2D eigenvalue weighted by molar-refractivity contribution is -0.161. The summed E-state index contributed by atoms with van der Waals surface area (Å²) in [5.74, 6) is -0.875. The Morgan fingerprint density at radius 2 is 0.776 bits per heavy atom. The molecule has 9 heteroatoms. The second-order valence-corrected chi connectivity index (χ2v) is 18.0. The highest BCUT2D eigenvalue weighted by atomic mass is 31.2.